The predicted octanol–water partition coefficient (Wildman–Crippen LogP) is 2.91. The van der Waals surface area contributed by atoms with Crippen molar-refractivity contribution in [1.82, 2.24) is 4.90 Å². The Bertz CT molecular complexity index is 356. The molecule has 19 heavy (non-hydrogen) atoms. The van der Waals surface area contributed by atoms with Crippen LogP contribution in [0.1, 0.15) is 25.3 Å². The third kappa shape index (κ3) is 4.84. The number of benzene rings is 1. The fourth-order valence-electron chi connectivity index (χ4n) is 2.57. The van der Waals surface area contributed by atoms with E-state index in [1.807, 2.05) is 0 Å². The van der Waals surface area contributed by atoms with Crippen molar-refractivity contribution < 1.29 is 4.74 Å². The van der Waals surface area contributed by atoms with Gasteiger partial charge in [-0.2, -0.15) is 0 Å². The largest absolute Gasteiger partial charge is 0.384 e. The average Bonchev–Trinajstić information content (AvgIpc) is 2.43. The van der Waals surface area contributed by atoms with Crippen molar-refractivity contribution in [2.75, 3.05) is 38.1 Å². The van der Waals surface area contributed by atoms with E-state index in [1.165, 1.54) is 37.2 Å². The molecule has 3 heteroatoms. The molecule has 106 valence electrons. The molecule has 1 aromatic rings. The van der Waals surface area contributed by atoms with E-state index in [0.717, 1.165) is 19.7 Å². The number of likely N-dealkylation sites (tertiary alicyclic amines) is 1. The second kappa shape index (κ2) is 7.51. The van der Waals surface area contributed by atoms with Crippen molar-refractivity contribution in [3.8, 4) is 0 Å². The minimum absolute atomic E-state index is 0.492. The van der Waals surface area contributed by atoms with Gasteiger partial charge < -0.3 is 15.0 Å². The zero-order valence-corrected chi connectivity index (χ0v) is 12.2. The maximum Gasteiger partial charge on any atom is 0.0599 e. The highest BCUT2D eigenvalue weighted by Gasteiger charge is 2.18. The van der Waals surface area contributed by atoms with Crippen LogP contribution in [0, 0.1) is 6.92 Å². The Morgan fingerprint density at radius 1 is 1.21 bits per heavy atom. The van der Waals surface area contributed by atoms with E-state index in [4.69, 9.17) is 4.74 Å². The van der Waals surface area contributed by atoms with Crippen LogP contribution >= 0.6 is 0 Å². The molecule has 2 rings (SSSR count). The second-order valence-corrected chi connectivity index (χ2v) is 5.29. The first-order valence-corrected chi connectivity index (χ1v) is 7.42. The van der Waals surface area contributed by atoms with Crippen LogP contribution in [-0.4, -0.2) is 43.8 Å². The number of rotatable bonds is 6. The van der Waals surface area contributed by atoms with Crippen LogP contribution in [0.15, 0.2) is 24.3 Å². The molecule has 0 bridgehead atoms. The molecule has 0 atom stereocenters. The Hall–Kier alpha value is -1.06. The zero-order valence-electron chi connectivity index (χ0n) is 12.2. The Labute approximate surface area is 116 Å². The van der Waals surface area contributed by atoms with E-state index >= 15 is 0 Å². The van der Waals surface area contributed by atoms with Gasteiger partial charge in [-0.25, -0.2) is 0 Å². The highest BCUT2D eigenvalue weighted by molar-refractivity contribution is 5.44. The van der Waals surface area contributed by atoms with E-state index in [1.54, 1.807) is 0 Å². The Morgan fingerprint density at radius 2 is 1.89 bits per heavy atom. The molecular formula is C16H26N2O. The lowest BCUT2D eigenvalue weighted by molar-refractivity contribution is 0.0152. The van der Waals surface area contributed by atoms with E-state index in [-0.39, 0.29) is 0 Å². The van der Waals surface area contributed by atoms with Gasteiger partial charge in [0, 0.05) is 38.5 Å². The number of anilines is 1. The summed E-state index contributed by atoms with van der Waals surface area (Å²) in [7, 11) is 0. The van der Waals surface area contributed by atoms with Crippen LogP contribution in [-0.2, 0) is 4.74 Å². The Kier molecular flexibility index (Phi) is 5.67. The highest BCUT2D eigenvalue weighted by Crippen LogP contribution is 2.13. The molecular weight excluding hydrogens is 236 g/mol. The molecule has 0 amide bonds. The van der Waals surface area contributed by atoms with Crippen LogP contribution in [0.5, 0.6) is 0 Å². The van der Waals surface area contributed by atoms with E-state index < -0.39 is 0 Å². The lowest BCUT2D eigenvalue weighted by Crippen LogP contribution is -2.39. The van der Waals surface area contributed by atoms with Gasteiger partial charge in [0.1, 0.15) is 0 Å². The summed E-state index contributed by atoms with van der Waals surface area (Å²) in [6.07, 6.45) is 2.85. The molecule has 0 aromatic heterocycles. The first-order chi connectivity index (χ1) is 9.28. The smallest absolute Gasteiger partial charge is 0.0599 e. The minimum Gasteiger partial charge on any atom is -0.384 e. The van der Waals surface area contributed by atoms with Crippen molar-refractivity contribution in [3.05, 3.63) is 29.8 Å². The topological polar surface area (TPSA) is 24.5 Å². The van der Waals surface area contributed by atoms with Crippen LogP contribution in [0.2, 0.25) is 0 Å². The molecule has 1 aliphatic heterocycles. The summed E-state index contributed by atoms with van der Waals surface area (Å²) in [4.78, 5) is 2.52. The van der Waals surface area contributed by atoms with Gasteiger partial charge in [-0.15, -0.1) is 0 Å². The van der Waals surface area contributed by atoms with Crippen molar-refractivity contribution in [2.45, 2.75) is 32.8 Å². The molecule has 1 fully saturated rings. The fraction of sp³-hybridized carbons (Fsp3) is 0.625. The number of hydrogen-bond acceptors (Lipinski definition) is 3. The fourth-order valence-corrected chi connectivity index (χ4v) is 2.57. The molecule has 0 unspecified atom stereocenters. The molecule has 0 saturated carbocycles. The number of piperidine rings is 1. The van der Waals surface area contributed by atoms with Crippen molar-refractivity contribution in [2.24, 2.45) is 0 Å². The third-order valence-corrected chi connectivity index (χ3v) is 3.75. The summed E-state index contributed by atoms with van der Waals surface area (Å²) in [6, 6.07) is 8.60. The van der Waals surface area contributed by atoms with E-state index in [2.05, 4.69) is 48.3 Å². The molecule has 1 N–H and O–H groups in total. The number of aryl methyl sites for hydroxylation is 1. The van der Waals surface area contributed by atoms with Gasteiger partial charge in [0.05, 0.1) is 6.10 Å². The lowest BCUT2D eigenvalue weighted by Gasteiger charge is -2.31. The standard InChI is InChI=1S/C16H26N2O/c1-3-19-16-8-11-18(12-9-16)13-10-17-15-6-4-14(2)5-7-15/h4-7,16-17H,3,8-13H2,1-2H3. The van der Waals surface area contributed by atoms with Crippen molar-refractivity contribution >= 4 is 5.69 Å². The first-order valence-electron chi connectivity index (χ1n) is 7.42. The molecule has 0 aliphatic carbocycles. The number of nitrogens with zero attached hydrogens (tertiary/aromatic N) is 1. The zero-order chi connectivity index (χ0) is 13.5. The molecule has 3 nitrogen and oxygen atoms in total. The normalized spacial score (nSPS) is 17.6. The molecule has 1 heterocycles. The van der Waals surface area contributed by atoms with Gasteiger partial charge in [-0.1, -0.05) is 17.7 Å². The quantitative estimate of drug-likeness (QED) is 0.853. The van der Waals surface area contributed by atoms with Gasteiger partial charge in [0.15, 0.2) is 0 Å². The maximum atomic E-state index is 5.67. The van der Waals surface area contributed by atoms with Gasteiger partial charge >= 0.3 is 0 Å². The van der Waals surface area contributed by atoms with Crippen molar-refractivity contribution in [1.29, 1.82) is 0 Å². The maximum absolute atomic E-state index is 5.67. The second-order valence-electron chi connectivity index (χ2n) is 5.29. The third-order valence-electron chi connectivity index (χ3n) is 3.75. The van der Waals surface area contributed by atoms with Gasteiger partial charge in [-0.05, 0) is 38.8 Å². The summed E-state index contributed by atoms with van der Waals surface area (Å²) in [5.74, 6) is 0. The Balaban J connectivity index is 1.63. The van der Waals surface area contributed by atoms with Crippen LogP contribution < -0.4 is 5.32 Å². The number of hydrogen-bond donors (Lipinski definition) is 1. The van der Waals surface area contributed by atoms with Gasteiger partial charge in [0.25, 0.3) is 0 Å². The lowest BCUT2D eigenvalue weighted by atomic mass is 10.1. The van der Waals surface area contributed by atoms with Gasteiger partial charge in [0.2, 0.25) is 0 Å². The minimum atomic E-state index is 0.492. The van der Waals surface area contributed by atoms with Crippen LogP contribution in [0.3, 0.4) is 0 Å². The first kappa shape index (κ1) is 14.4. The highest BCUT2D eigenvalue weighted by atomic mass is 16.5. The monoisotopic (exact) mass is 262 g/mol. The van der Waals surface area contributed by atoms with E-state index in [9.17, 15) is 0 Å². The summed E-state index contributed by atoms with van der Waals surface area (Å²) >= 11 is 0. The van der Waals surface area contributed by atoms with E-state index in [0.29, 0.717) is 6.10 Å². The average molecular weight is 262 g/mol. The SMILES string of the molecule is CCOC1CCN(CCNc2ccc(C)cc2)CC1. The molecule has 1 aromatic carbocycles. The summed E-state index contributed by atoms with van der Waals surface area (Å²) < 4.78 is 5.67. The number of nitrogens with one attached hydrogen (secondary N) is 1. The Morgan fingerprint density at radius 3 is 2.53 bits per heavy atom. The molecule has 0 spiro atoms. The predicted molar refractivity (Wildman–Crippen MR) is 80.8 cm³/mol. The molecule has 1 saturated heterocycles. The summed E-state index contributed by atoms with van der Waals surface area (Å²) in [6.45, 7) is 9.51. The number of ether oxygens (including phenoxy) is 1. The summed E-state index contributed by atoms with van der Waals surface area (Å²) in [5.41, 5.74) is 2.53. The molecule has 1 aliphatic rings. The van der Waals surface area contributed by atoms with Gasteiger partial charge in [-0.3, -0.25) is 0 Å². The van der Waals surface area contributed by atoms with Crippen molar-refractivity contribution in [3.63, 3.8) is 0 Å². The van der Waals surface area contributed by atoms with Crippen LogP contribution in [0.4, 0.5) is 5.69 Å². The van der Waals surface area contributed by atoms with Crippen LogP contribution in [0.25, 0.3) is 0 Å². The summed E-state index contributed by atoms with van der Waals surface area (Å²) in [5, 5.41) is 3.48. The molecule has 0 radical (unpaired) electrons.